The van der Waals surface area contributed by atoms with E-state index in [4.69, 9.17) is 10.5 Å². The summed E-state index contributed by atoms with van der Waals surface area (Å²) in [4.78, 5) is 11.7. The van der Waals surface area contributed by atoms with Gasteiger partial charge in [-0.1, -0.05) is 11.8 Å². The maximum atomic E-state index is 11.7. The molecule has 4 nitrogen and oxygen atoms in total. The second-order valence-corrected chi connectivity index (χ2v) is 4.22. The molecule has 0 fully saturated rings. The van der Waals surface area contributed by atoms with Crippen LogP contribution in [0.3, 0.4) is 0 Å². The van der Waals surface area contributed by atoms with E-state index in [1.165, 1.54) is 0 Å². The molecule has 0 aliphatic carbocycles. The maximum absolute atomic E-state index is 11.7. The summed E-state index contributed by atoms with van der Waals surface area (Å²) in [6.07, 6.45) is 1.26. The molecule has 0 bridgehead atoms. The van der Waals surface area contributed by atoms with Gasteiger partial charge in [-0.25, -0.2) is 0 Å². The molecule has 1 atom stereocenters. The molecule has 0 saturated carbocycles. The van der Waals surface area contributed by atoms with Gasteiger partial charge < -0.3 is 15.8 Å². The number of carbonyl (C=O) groups excluding carboxylic acids is 1. The van der Waals surface area contributed by atoms with Crippen LogP contribution in [0.5, 0.6) is 0 Å². The van der Waals surface area contributed by atoms with Gasteiger partial charge in [0.15, 0.2) is 0 Å². The van der Waals surface area contributed by atoms with E-state index in [-0.39, 0.29) is 12.0 Å². The molecular formula is C15H20N2O2. The molecule has 19 heavy (non-hydrogen) atoms. The van der Waals surface area contributed by atoms with E-state index >= 15 is 0 Å². The van der Waals surface area contributed by atoms with Crippen LogP contribution in [0.2, 0.25) is 0 Å². The number of rotatable bonds is 5. The van der Waals surface area contributed by atoms with Gasteiger partial charge in [0.25, 0.3) is 0 Å². The molecule has 0 aromatic heterocycles. The van der Waals surface area contributed by atoms with Crippen LogP contribution in [-0.4, -0.2) is 25.7 Å². The molecule has 102 valence electrons. The monoisotopic (exact) mass is 260 g/mol. The quantitative estimate of drug-likeness (QED) is 0.793. The second-order valence-electron chi connectivity index (χ2n) is 4.22. The van der Waals surface area contributed by atoms with Gasteiger partial charge in [-0.3, -0.25) is 4.79 Å². The third-order valence-corrected chi connectivity index (χ3v) is 2.68. The number of amides is 1. The minimum Gasteiger partial charge on any atom is -0.382 e. The van der Waals surface area contributed by atoms with Crippen LogP contribution in [0.4, 0.5) is 5.69 Å². The molecule has 0 aliphatic heterocycles. The van der Waals surface area contributed by atoms with Crippen LogP contribution < -0.4 is 11.1 Å². The van der Waals surface area contributed by atoms with E-state index in [0.29, 0.717) is 19.4 Å². The third-order valence-electron chi connectivity index (χ3n) is 2.68. The number of ether oxygens (including phenoxy) is 1. The molecule has 1 aromatic carbocycles. The molecule has 1 amide bonds. The van der Waals surface area contributed by atoms with E-state index in [1.807, 2.05) is 31.2 Å². The predicted molar refractivity (Wildman–Crippen MR) is 76.7 cm³/mol. The van der Waals surface area contributed by atoms with Crippen molar-refractivity contribution in [2.24, 2.45) is 5.73 Å². The number of anilines is 1. The van der Waals surface area contributed by atoms with Crippen LogP contribution in [-0.2, 0) is 9.53 Å². The number of carbonyl (C=O) groups is 1. The summed E-state index contributed by atoms with van der Waals surface area (Å²) < 4.78 is 5.10. The Bertz CT molecular complexity index is 457. The standard InChI is InChI=1S/C15H20N2O2/c1-12(19-2)5-10-15(18)17-14-8-6-13(7-9-14)4-3-11-16/h6-9,12H,5,10-11,16H2,1-2H3,(H,17,18). The van der Waals surface area contributed by atoms with Gasteiger partial charge >= 0.3 is 0 Å². The number of methoxy groups -OCH3 is 1. The highest BCUT2D eigenvalue weighted by Crippen LogP contribution is 2.10. The van der Waals surface area contributed by atoms with Crippen LogP contribution in [0.15, 0.2) is 24.3 Å². The lowest BCUT2D eigenvalue weighted by Crippen LogP contribution is -2.15. The van der Waals surface area contributed by atoms with Crippen molar-refractivity contribution in [3.63, 3.8) is 0 Å². The summed E-state index contributed by atoms with van der Waals surface area (Å²) in [5.41, 5.74) is 6.96. The van der Waals surface area contributed by atoms with Crippen molar-refractivity contribution in [2.45, 2.75) is 25.9 Å². The lowest BCUT2D eigenvalue weighted by molar-refractivity contribution is -0.116. The smallest absolute Gasteiger partial charge is 0.224 e. The number of nitrogens with one attached hydrogen (secondary N) is 1. The average Bonchev–Trinajstić information content (AvgIpc) is 2.44. The zero-order chi connectivity index (χ0) is 14.1. The Kier molecular flexibility index (Phi) is 6.65. The van der Waals surface area contributed by atoms with E-state index in [2.05, 4.69) is 17.2 Å². The molecule has 0 heterocycles. The van der Waals surface area contributed by atoms with E-state index in [9.17, 15) is 4.79 Å². The lowest BCUT2D eigenvalue weighted by atomic mass is 10.2. The van der Waals surface area contributed by atoms with Crippen LogP contribution in [0.1, 0.15) is 25.3 Å². The second kappa shape index (κ2) is 8.30. The molecule has 0 saturated heterocycles. The Labute approximate surface area is 114 Å². The number of hydrogen-bond acceptors (Lipinski definition) is 3. The number of nitrogens with two attached hydrogens (primary N) is 1. The summed E-state index contributed by atoms with van der Waals surface area (Å²) in [7, 11) is 1.64. The molecule has 1 unspecified atom stereocenters. The highest BCUT2D eigenvalue weighted by atomic mass is 16.5. The summed E-state index contributed by atoms with van der Waals surface area (Å²) in [5.74, 6) is 5.70. The van der Waals surface area contributed by atoms with Crippen LogP contribution in [0.25, 0.3) is 0 Å². The molecular weight excluding hydrogens is 240 g/mol. The highest BCUT2D eigenvalue weighted by molar-refractivity contribution is 5.90. The van der Waals surface area contributed by atoms with Gasteiger partial charge in [-0.05, 0) is 37.6 Å². The van der Waals surface area contributed by atoms with E-state index < -0.39 is 0 Å². The minimum atomic E-state index is -0.00954. The summed E-state index contributed by atoms with van der Waals surface area (Å²) in [6.45, 7) is 2.29. The first-order chi connectivity index (χ1) is 9.15. The number of hydrogen-bond donors (Lipinski definition) is 2. The average molecular weight is 260 g/mol. The van der Waals surface area contributed by atoms with Crippen molar-refractivity contribution >= 4 is 11.6 Å². The normalized spacial score (nSPS) is 11.3. The minimum absolute atomic E-state index is 0.00954. The predicted octanol–water partition coefficient (Wildman–Crippen LogP) is 1.75. The van der Waals surface area contributed by atoms with Gasteiger partial charge in [0, 0.05) is 24.8 Å². The van der Waals surface area contributed by atoms with Crippen LogP contribution in [0, 0.1) is 11.8 Å². The maximum Gasteiger partial charge on any atom is 0.224 e. The Morgan fingerprint density at radius 3 is 2.68 bits per heavy atom. The number of benzene rings is 1. The fourth-order valence-corrected chi connectivity index (χ4v) is 1.47. The Morgan fingerprint density at radius 1 is 1.42 bits per heavy atom. The molecule has 1 aromatic rings. The third kappa shape index (κ3) is 6.05. The van der Waals surface area contributed by atoms with Gasteiger partial charge in [0.05, 0.1) is 12.6 Å². The summed E-state index contributed by atoms with van der Waals surface area (Å²) >= 11 is 0. The lowest BCUT2D eigenvalue weighted by Gasteiger charge is -2.09. The zero-order valence-corrected chi connectivity index (χ0v) is 11.4. The van der Waals surface area contributed by atoms with Crippen LogP contribution >= 0.6 is 0 Å². The molecule has 4 heteroatoms. The van der Waals surface area contributed by atoms with E-state index in [0.717, 1.165) is 11.3 Å². The van der Waals surface area contributed by atoms with Crippen molar-refractivity contribution in [2.75, 3.05) is 19.0 Å². The first-order valence-electron chi connectivity index (χ1n) is 6.27. The van der Waals surface area contributed by atoms with E-state index in [1.54, 1.807) is 7.11 Å². The Morgan fingerprint density at radius 2 is 2.11 bits per heavy atom. The highest BCUT2D eigenvalue weighted by Gasteiger charge is 2.06. The molecule has 0 radical (unpaired) electrons. The molecule has 1 rings (SSSR count). The molecule has 0 spiro atoms. The Balaban J connectivity index is 2.46. The van der Waals surface area contributed by atoms with Gasteiger partial charge in [-0.15, -0.1) is 0 Å². The van der Waals surface area contributed by atoms with Gasteiger partial charge in [-0.2, -0.15) is 0 Å². The van der Waals surface area contributed by atoms with Gasteiger partial charge in [0.1, 0.15) is 0 Å². The zero-order valence-electron chi connectivity index (χ0n) is 11.4. The largest absolute Gasteiger partial charge is 0.382 e. The summed E-state index contributed by atoms with van der Waals surface area (Å²) in [6, 6.07) is 7.38. The van der Waals surface area contributed by atoms with Crippen molar-refractivity contribution in [3.05, 3.63) is 29.8 Å². The fourth-order valence-electron chi connectivity index (χ4n) is 1.47. The fraction of sp³-hybridized carbons (Fsp3) is 0.400. The first-order valence-corrected chi connectivity index (χ1v) is 6.27. The van der Waals surface area contributed by atoms with Crippen molar-refractivity contribution in [3.8, 4) is 11.8 Å². The topological polar surface area (TPSA) is 64.3 Å². The molecule has 0 aliphatic rings. The van der Waals surface area contributed by atoms with Crippen molar-refractivity contribution in [1.82, 2.24) is 0 Å². The Hall–Kier alpha value is -1.83. The van der Waals surface area contributed by atoms with Crippen molar-refractivity contribution < 1.29 is 9.53 Å². The first kappa shape index (κ1) is 15.2. The molecule has 3 N–H and O–H groups in total. The summed E-state index contributed by atoms with van der Waals surface area (Å²) in [5, 5.41) is 2.84. The van der Waals surface area contributed by atoms with Gasteiger partial charge in [0.2, 0.25) is 5.91 Å². The van der Waals surface area contributed by atoms with Crippen molar-refractivity contribution in [1.29, 1.82) is 0 Å². The SMILES string of the molecule is COC(C)CCC(=O)Nc1ccc(C#CCN)cc1.